The van der Waals surface area contributed by atoms with Crippen LogP contribution in [0.4, 0.5) is 0 Å². The quantitative estimate of drug-likeness (QED) is 0.823. The molecule has 1 aromatic carbocycles. The van der Waals surface area contributed by atoms with Gasteiger partial charge in [0.05, 0.1) is 13.0 Å². The van der Waals surface area contributed by atoms with Crippen LogP contribution in [0, 0.1) is 0 Å². The first kappa shape index (κ1) is 15.5. The first-order valence-electron chi connectivity index (χ1n) is 5.76. The zero-order valence-electron chi connectivity index (χ0n) is 10.6. The highest BCUT2D eigenvalue weighted by Gasteiger charge is 2.16. The highest BCUT2D eigenvalue weighted by atomic mass is 35.5. The molecule has 6 heteroatoms. The third-order valence-electron chi connectivity index (χ3n) is 2.49. The third-order valence-corrected chi connectivity index (χ3v) is 2.72. The van der Waals surface area contributed by atoms with Crippen molar-refractivity contribution in [2.45, 2.75) is 6.42 Å². The van der Waals surface area contributed by atoms with Gasteiger partial charge >= 0.3 is 5.97 Å². The SMILES string of the molecule is COCCN(CC(=O)O)C(=O)Cc1cccc(Cl)c1. The second kappa shape index (κ2) is 7.76. The lowest BCUT2D eigenvalue weighted by Crippen LogP contribution is -2.38. The number of carbonyl (C=O) groups excluding carboxylic acids is 1. The lowest BCUT2D eigenvalue weighted by Gasteiger charge is -2.20. The second-order valence-corrected chi connectivity index (χ2v) is 4.44. The van der Waals surface area contributed by atoms with Gasteiger partial charge in [0.2, 0.25) is 5.91 Å². The van der Waals surface area contributed by atoms with Gasteiger partial charge in [0, 0.05) is 18.7 Å². The topological polar surface area (TPSA) is 66.8 Å². The molecule has 0 aliphatic rings. The number of ether oxygens (including phenoxy) is 1. The van der Waals surface area contributed by atoms with Gasteiger partial charge in [-0.1, -0.05) is 23.7 Å². The zero-order valence-corrected chi connectivity index (χ0v) is 11.4. The molecule has 104 valence electrons. The molecule has 0 aromatic heterocycles. The van der Waals surface area contributed by atoms with E-state index >= 15 is 0 Å². The van der Waals surface area contributed by atoms with E-state index in [4.69, 9.17) is 21.4 Å². The largest absolute Gasteiger partial charge is 0.480 e. The van der Waals surface area contributed by atoms with Crippen molar-refractivity contribution in [3.63, 3.8) is 0 Å². The van der Waals surface area contributed by atoms with Crippen molar-refractivity contribution in [1.82, 2.24) is 4.90 Å². The van der Waals surface area contributed by atoms with E-state index in [1.807, 2.05) is 0 Å². The Morgan fingerprint density at radius 1 is 1.42 bits per heavy atom. The molecule has 0 heterocycles. The van der Waals surface area contributed by atoms with Crippen molar-refractivity contribution in [3.8, 4) is 0 Å². The predicted octanol–water partition coefficient (Wildman–Crippen LogP) is 1.44. The van der Waals surface area contributed by atoms with Gasteiger partial charge in [-0.25, -0.2) is 0 Å². The number of aliphatic carboxylic acids is 1. The summed E-state index contributed by atoms with van der Waals surface area (Å²) in [4.78, 5) is 24.0. The highest BCUT2D eigenvalue weighted by Crippen LogP contribution is 2.12. The van der Waals surface area contributed by atoms with Gasteiger partial charge in [0.1, 0.15) is 6.54 Å². The van der Waals surface area contributed by atoms with E-state index in [9.17, 15) is 9.59 Å². The maximum absolute atomic E-state index is 12.0. The molecule has 1 N–H and O–H groups in total. The second-order valence-electron chi connectivity index (χ2n) is 4.01. The van der Waals surface area contributed by atoms with E-state index in [-0.39, 0.29) is 25.4 Å². The number of halogens is 1. The van der Waals surface area contributed by atoms with Gasteiger partial charge in [-0.3, -0.25) is 9.59 Å². The highest BCUT2D eigenvalue weighted by molar-refractivity contribution is 6.30. The molecule has 0 spiro atoms. The summed E-state index contributed by atoms with van der Waals surface area (Å²) in [6.45, 7) is 0.222. The molecule has 19 heavy (non-hydrogen) atoms. The van der Waals surface area contributed by atoms with Gasteiger partial charge < -0.3 is 14.7 Å². The fourth-order valence-electron chi connectivity index (χ4n) is 1.59. The van der Waals surface area contributed by atoms with Gasteiger partial charge in [0.15, 0.2) is 0 Å². The number of rotatable bonds is 7. The number of nitrogens with zero attached hydrogens (tertiary/aromatic N) is 1. The van der Waals surface area contributed by atoms with Crippen molar-refractivity contribution < 1.29 is 19.4 Å². The van der Waals surface area contributed by atoms with Crippen molar-refractivity contribution in [3.05, 3.63) is 34.9 Å². The summed E-state index contributed by atoms with van der Waals surface area (Å²) in [5.74, 6) is -1.31. The van der Waals surface area contributed by atoms with E-state index in [0.29, 0.717) is 11.6 Å². The summed E-state index contributed by atoms with van der Waals surface area (Å²) in [6, 6.07) is 6.94. The zero-order chi connectivity index (χ0) is 14.3. The van der Waals surface area contributed by atoms with Crippen molar-refractivity contribution in [2.24, 2.45) is 0 Å². The van der Waals surface area contributed by atoms with Crippen LogP contribution in [-0.2, 0) is 20.7 Å². The molecule has 0 fully saturated rings. The van der Waals surface area contributed by atoms with Crippen molar-refractivity contribution in [2.75, 3.05) is 26.8 Å². The van der Waals surface area contributed by atoms with E-state index in [1.54, 1.807) is 24.3 Å². The Bertz CT molecular complexity index is 450. The summed E-state index contributed by atoms with van der Waals surface area (Å²) in [6.07, 6.45) is 0.123. The molecule has 0 aliphatic carbocycles. The first-order valence-corrected chi connectivity index (χ1v) is 6.13. The van der Waals surface area contributed by atoms with Crippen molar-refractivity contribution in [1.29, 1.82) is 0 Å². The molecule has 0 radical (unpaired) electrons. The Kier molecular flexibility index (Phi) is 6.32. The lowest BCUT2D eigenvalue weighted by molar-refractivity contribution is -0.144. The van der Waals surface area contributed by atoms with E-state index in [1.165, 1.54) is 12.0 Å². The van der Waals surface area contributed by atoms with Crippen LogP contribution in [-0.4, -0.2) is 48.7 Å². The minimum absolute atomic E-state index is 0.123. The number of carboxylic acid groups (broad SMARTS) is 1. The molecule has 0 saturated carbocycles. The van der Waals surface area contributed by atoms with Gasteiger partial charge in [-0.05, 0) is 17.7 Å². The summed E-state index contributed by atoms with van der Waals surface area (Å²) < 4.78 is 4.87. The van der Waals surface area contributed by atoms with Crippen LogP contribution in [0.15, 0.2) is 24.3 Å². The molecule has 0 aliphatic heterocycles. The molecule has 0 unspecified atom stereocenters. The molecule has 1 rings (SSSR count). The summed E-state index contributed by atoms with van der Waals surface area (Å²) in [5.41, 5.74) is 0.755. The van der Waals surface area contributed by atoms with Crippen LogP contribution < -0.4 is 0 Å². The minimum atomic E-state index is -1.05. The Morgan fingerprint density at radius 2 is 2.16 bits per heavy atom. The molecule has 5 nitrogen and oxygen atoms in total. The molecular weight excluding hydrogens is 270 g/mol. The first-order chi connectivity index (χ1) is 9.02. The molecule has 0 atom stereocenters. The summed E-state index contributed by atoms with van der Waals surface area (Å²) in [5, 5.41) is 9.33. The van der Waals surface area contributed by atoms with Crippen LogP contribution in [0.1, 0.15) is 5.56 Å². The van der Waals surface area contributed by atoms with Crippen LogP contribution in [0.5, 0.6) is 0 Å². The van der Waals surface area contributed by atoms with E-state index in [2.05, 4.69) is 0 Å². The molecular formula is C13H16ClNO4. The number of carboxylic acids is 1. The van der Waals surface area contributed by atoms with E-state index < -0.39 is 5.97 Å². The molecule has 1 aromatic rings. The summed E-state index contributed by atoms with van der Waals surface area (Å²) >= 11 is 5.84. The average molecular weight is 286 g/mol. The maximum Gasteiger partial charge on any atom is 0.323 e. The van der Waals surface area contributed by atoms with Crippen LogP contribution in [0.2, 0.25) is 5.02 Å². The lowest BCUT2D eigenvalue weighted by atomic mass is 10.1. The molecule has 1 amide bonds. The number of benzene rings is 1. The Balaban J connectivity index is 2.67. The monoisotopic (exact) mass is 285 g/mol. The number of hydrogen-bond acceptors (Lipinski definition) is 3. The van der Waals surface area contributed by atoms with Crippen molar-refractivity contribution >= 4 is 23.5 Å². The maximum atomic E-state index is 12.0. The van der Waals surface area contributed by atoms with Gasteiger partial charge in [0.25, 0.3) is 0 Å². The number of methoxy groups -OCH3 is 1. The van der Waals surface area contributed by atoms with E-state index in [0.717, 1.165) is 5.56 Å². The average Bonchev–Trinajstić information content (AvgIpc) is 2.34. The Labute approximate surface area is 116 Å². The Morgan fingerprint density at radius 3 is 2.74 bits per heavy atom. The van der Waals surface area contributed by atoms with Crippen LogP contribution >= 0.6 is 11.6 Å². The normalized spacial score (nSPS) is 10.2. The minimum Gasteiger partial charge on any atom is -0.480 e. The van der Waals surface area contributed by atoms with Gasteiger partial charge in [-0.15, -0.1) is 0 Å². The van der Waals surface area contributed by atoms with Crippen LogP contribution in [0.3, 0.4) is 0 Å². The number of carbonyl (C=O) groups is 2. The molecule has 0 saturated heterocycles. The fourth-order valence-corrected chi connectivity index (χ4v) is 1.80. The van der Waals surface area contributed by atoms with Crippen LogP contribution in [0.25, 0.3) is 0 Å². The fraction of sp³-hybridized carbons (Fsp3) is 0.385. The number of hydrogen-bond donors (Lipinski definition) is 1. The van der Waals surface area contributed by atoms with Gasteiger partial charge in [-0.2, -0.15) is 0 Å². The standard InChI is InChI=1S/C13H16ClNO4/c1-19-6-5-15(9-13(17)18)12(16)8-10-3-2-4-11(14)7-10/h2-4,7H,5-6,8-9H2,1H3,(H,17,18). The summed E-state index contributed by atoms with van der Waals surface area (Å²) in [7, 11) is 1.50. The Hall–Kier alpha value is -1.59. The predicted molar refractivity (Wildman–Crippen MR) is 71.2 cm³/mol. The third kappa shape index (κ3) is 5.72. The smallest absolute Gasteiger partial charge is 0.323 e. The molecule has 0 bridgehead atoms. The number of amides is 1.